The molecule has 0 bridgehead atoms. The first-order chi connectivity index (χ1) is 15.0. The van der Waals surface area contributed by atoms with Gasteiger partial charge in [-0.25, -0.2) is 0 Å². The van der Waals surface area contributed by atoms with Gasteiger partial charge in [-0.05, 0) is 41.7 Å². The molecule has 3 nitrogen and oxygen atoms in total. The quantitative estimate of drug-likeness (QED) is 0.395. The van der Waals surface area contributed by atoms with Crippen molar-refractivity contribution in [2.24, 2.45) is 5.41 Å². The molecule has 31 heavy (non-hydrogen) atoms. The van der Waals surface area contributed by atoms with Gasteiger partial charge < -0.3 is 9.84 Å². The molecule has 0 radical (unpaired) electrons. The van der Waals surface area contributed by atoms with E-state index in [1.165, 1.54) is 15.6 Å². The van der Waals surface area contributed by atoms with Crippen LogP contribution in [0.5, 0.6) is 0 Å². The lowest BCUT2D eigenvalue weighted by molar-refractivity contribution is -0.156. The first-order valence-corrected chi connectivity index (χ1v) is 13.2. The normalized spacial score (nSPS) is 28.1. The molecule has 5 rings (SSSR count). The average molecular weight is 429 g/mol. The van der Waals surface area contributed by atoms with Crippen molar-refractivity contribution < 1.29 is 14.6 Å². The van der Waals surface area contributed by atoms with Gasteiger partial charge in [0, 0.05) is 5.54 Å². The second kappa shape index (κ2) is 7.47. The zero-order valence-electron chi connectivity index (χ0n) is 17.8. The van der Waals surface area contributed by atoms with Crippen LogP contribution in [0, 0.1) is 5.41 Å². The molecule has 2 aliphatic rings. The summed E-state index contributed by atoms with van der Waals surface area (Å²) >= 11 is 0. The first-order valence-electron chi connectivity index (χ1n) is 11.1. The Kier molecular flexibility index (Phi) is 4.87. The van der Waals surface area contributed by atoms with Gasteiger partial charge in [-0.3, -0.25) is 4.79 Å². The molecular formula is C27H28O3Si. The topological polar surface area (TPSA) is 46.5 Å². The lowest BCUT2D eigenvalue weighted by Crippen LogP contribution is -2.73. The molecule has 1 saturated heterocycles. The summed E-state index contributed by atoms with van der Waals surface area (Å²) in [6.07, 6.45) is 2.13. The van der Waals surface area contributed by atoms with Crippen molar-refractivity contribution in [3.05, 3.63) is 91.0 Å². The summed E-state index contributed by atoms with van der Waals surface area (Å²) in [6.45, 7) is 2.19. The van der Waals surface area contributed by atoms with Crippen LogP contribution in [0.3, 0.4) is 0 Å². The van der Waals surface area contributed by atoms with Gasteiger partial charge >= 0.3 is 5.97 Å². The zero-order valence-corrected chi connectivity index (χ0v) is 18.8. The maximum atomic E-state index is 13.4. The molecule has 3 aromatic carbocycles. The highest BCUT2D eigenvalue weighted by Gasteiger charge is 2.70. The Morgan fingerprint density at radius 1 is 0.806 bits per heavy atom. The Balaban J connectivity index is 1.88. The maximum absolute atomic E-state index is 13.4. The van der Waals surface area contributed by atoms with Crippen LogP contribution >= 0.6 is 0 Å². The van der Waals surface area contributed by atoms with Crippen LogP contribution in [0.25, 0.3) is 0 Å². The molecule has 2 fully saturated rings. The molecule has 1 aliphatic carbocycles. The monoisotopic (exact) mass is 428 g/mol. The van der Waals surface area contributed by atoms with E-state index in [0.717, 1.165) is 6.42 Å². The highest BCUT2D eigenvalue weighted by molar-refractivity contribution is 7.12. The van der Waals surface area contributed by atoms with Gasteiger partial charge in [0.2, 0.25) is 0 Å². The molecule has 4 heteroatoms. The van der Waals surface area contributed by atoms with Crippen molar-refractivity contribution in [3.8, 4) is 0 Å². The third-order valence-corrected chi connectivity index (χ3v) is 13.2. The number of hydrogen-bond acceptors (Lipinski definition) is 3. The Hall–Kier alpha value is -2.69. The van der Waals surface area contributed by atoms with Gasteiger partial charge in [-0.15, -0.1) is 0 Å². The predicted molar refractivity (Wildman–Crippen MR) is 126 cm³/mol. The average Bonchev–Trinajstić information content (AvgIpc) is 3.31. The molecular weight excluding hydrogens is 400 g/mol. The van der Waals surface area contributed by atoms with E-state index in [2.05, 4.69) is 72.8 Å². The number of aliphatic hydroxyl groups is 1. The second-order valence-corrected chi connectivity index (χ2v) is 13.2. The molecule has 0 unspecified atom stereocenters. The Bertz CT molecular complexity index is 969. The van der Waals surface area contributed by atoms with E-state index in [1.54, 1.807) is 0 Å². The van der Waals surface area contributed by atoms with Gasteiger partial charge in [0.1, 0.15) is 5.41 Å². The minimum Gasteiger partial charge on any atom is -0.465 e. The van der Waals surface area contributed by atoms with E-state index in [1.807, 2.05) is 25.1 Å². The summed E-state index contributed by atoms with van der Waals surface area (Å²) in [7, 11) is -2.76. The molecule has 158 valence electrons. The molecule has 1 spiro atoms. The van der Waals surface area contributed by atoms with Crippen LogP contribution in [0.4, 0.5) is 0 Å². The van der Waals surface area contributed by atoms with Crippen LogP contribution in [0.1, 0.15) is 26.2 Å². The van der Waals surface area contributed by atoms with Crippen molar-refractivity contribution in [1.29, 1.82) is 0 Å². The zero-order chi connectivity index (χ0) is 21.5. The van der Waals surface area contributed by atoms with Gasteiger partial charge in [0.25, 0.3) is 0 Å². The lowest BCUT2D eigenvalue weighted by Gasteiger charge is -2.47. The first kappa shape index (κ1) is 20.2. The van der Waals surface area contributed by atoms with Crippen molar-refractivity contribution in [3.63, 3.8) is 0 Å². The number of hydrogen-bond donors (Lipinski definition) is 1. The van der Waals surface area contributed by atoms with Gasteiger partial charge in [-0.1, -0.05) is 91.0 Å². The number of esters is 1. The lowest BCUT2D eigenvalue weighted by atomic mass is 9.73. The molecule has 0 aromatic heterocycles. The summed E-state index contributed by atoms with van der Waals surface area (Å²) in [5.74, 6) is -0.223. The fraction of sp³-hybridized carbons (Fsp3) is 0.296. The van der Waals surface area contributed by atoms with Crippen LogP contribution in [-0.4, -0.2) is 31.4 Å². The number of carbonyl (C=O) groups is 1. The fourth-order valence-electron chi connectivity index (χ4n) is 6.35. The van der Waals surface area contributed by atoms with Gasteiger partial charge in [0.15, 0.2) is 8.07 Å². The minimum absolute atomic E-state index is 0.0998. The van der Waals surface area contributed by atoms with E-state index >= 15 is 0 Å². The highest BCUT2D eigenvalue weighted by Crippen LogP contribution is 2.60. The number of cyclic esters (lactones) is 1. The molecule has 1 aliphatic heterocycles. The van der Waals surface area contributed by atoms with Crippen molar-refractivity contribution in [2.75, 3.05) is 6.61 Å². The summed E-state index contributed by atoms with van der Waals surface area (Å²) in [4.78, 5) is 13.4. The summed E-state index contributed by atoms with van der Waals surface area (Å²) in [5.41, 5.74) is -2.07. The van der Waals surface area contributed by atoms with Crippen LogP contribution < -0.4 is 15.6 Å². The number of carbonyl (C=O) groups excluding carboxylic acids is 1. The summed E-state index contributed by atoms with van der Waals surface area (Å²) in [6, 6.07) is 31.8. The van der Waals surface area contributed by atoms with Crippen molar-refractivity contribution in [1.82, 2.24) is 0 Å². The van der Waals surface area contributed by atoms with Crippen LogP contribution in [-0.2, 0) is 9.53 Å². The Morgan fingerprint density at radius 2 is 1.26 bits per heavy atom. The smallest absolute Gasteiger partial charge is 0.315 e. The Morgan fingerprint density at radius 3 is 1.65 bits per heavy atom. The molecule has 1 saturated carbocycles. The van der Waals surface area contributed by atoms with E-state index < -0.39 is 19.1 Å². The van der Waals surface area contributed by atoms with Crippen LogP contribution in [0.2, 0.25) is 5.54 Å². The van der Waals surface area contributed by atoms with Crippen molar-refractivity contribution >= 4 is 29.6 Å². The molecule has 3 aromatic rings. The van der Waals surface area contributed by atoms with E-state index in [9.17, 15) is 9.90 Å². The van der Waals surface area contributed by atoms with Gasteiger partial charge in [0.05, 0.1) is 12.2 Å². The standard InChI is InChI=1S/C27H28O3Si/c1-26(29)18-11-19-27(26)24(20-30-25(27)28)31(21-12-5-2-6-13-21,22-14-7-3-8-15-22)23-16-9-4-10-17-23/h2-10,12-17,24,29H,11,18-20H2,1H3/t24-,26-,27+/m1/s1. The molecule has 1 heterocycles. The van der Waals surface area contributed by atoms with Gasteiger partial charge in [-0.2, -0.15) is 0 Å². The third-order valence-electron chi connectivity index (χ3n) is 7.75. The van der Waals surface area contributed by atoms with Crippen molar-refractivity contribution in [2.45, 2.75) is 37.3 Å². The van der Waals surface area contributed by atoms with E-state index in [-0.39, 0.29) is 11.5 Å². The summed E-state index contributed by atoms with van der Waals surface area (Å²) < 4.78 is 5.85. The Labute approximate surface area is 184 Å². The largest absolute Gasteiger partial charge is 0.465 e. The SMILES string of the molecule is C[C@@]1(O)CCC[C@]12C(=O)OC[C@H]2[Si](c1ccccc1)(c1ccccc1)c1ccccc1. The minimum atomic E-state index is -2.76. The second-order valence-electron chi connectivity index (χ2n) is 9.16. The highest BCUT2D eigenvalue weighted by atomic mass is 28.3. The number of rotatable bonds is 4. The fourth-order valence-corrected chi connectivity index (χ4v) is 12.4. The molecule has 3 atom stereocenters. The summed E-state index contributed by atoms with van der Waals surface area (Å²) in [5, 5.41) is 15.4. The molecule has 0 amide bonds. The predicted octanol–water partition coefficient (Wildman–Crippen LogP) is 3.01. The maximum Gasteiger partial charge on any atom is 0.315 e. The third kappa shape index (κ3) is 2.78. The molecule has 1 N–H and O–H groups in total. The van der Waals surface area contributed by atoms with E-state index in [4.69, 9.17) is 4.74 Å². The van der Waals surface area contributed by atoms with E-state index in [0.29, 0.717) is 19.4 Å². The van der Waals surface area contributed by atoms with Crippen LogP contribution in [0.15, 0.2) is 91.0 Å². The number of benzene rings is 3. The number of ether oxygens (including phenoxy) is 1.